The maximum absolute atomic E-state index is 13.6. The Morgan fingerprint density at radius 1 is 1.08 bits per heavy atom. The van der Waals surface area contributed by atoms with Crippen LogP contribution in [0.15, 0.2) is 41.3 Å². The summed E-state index contributed by atoms with van der Waals surface area (Å²) in [7, 11) is 0. The van der Waals surface area contributed by atoms with Crippen molar-refractivity contribution in [2.75, 3.05) is 0 Å². The van der Waals surface area contributed by atoms with E-state index in [9.17, 15) is 23.5 Å². The van der Waals surface area contributed by atoms with Crippen molar-refractivity contribution in [3.05, 3.63) is 74.0 Å². The standard InChI is InChI=1S/C16H7Cl2F2NO3/c17-7-1-2-13(10(18)3-7)21-6-9(16(23)24)15(22)8-4-11(19)12(20)5-14(8)21/h1-6H,(H,23,24). The SMILES string of the molecule is O=C(O)c1cn(-c2ccc(Cl)cc2Cl)c2cc(F)c(F)cc2c1=O. The van der Waals surface area contributed by atoms with Gasteiger partial charge in [0.1, 0.15) is 5.56 Å². The number of carboxylic acid groups (broad SMARTS) is 1. The predicted octanol–water partition coefficient (Wildman–Crippen LogP) is 4.27. The van der Waals surface area contributed by atoms with Gasteiger partial charge in [-0.15, -0.1) is 0 Å². The van der Waals surface area contributed by atoms with Crippen LogP contribution in [0.25, 0.3) is 16.6 Å². The summed E-state index contributed by atoms with van der Waals surface area (Å²) < 4.78 is 28.4. The van der Waals surface area contributed by atoms with Gasteiger partial charge in [0, 0.05) is 17.3 Å². The van der Waals surface area contributed by atoms with Gasteiger partial charge in [0.05, 0.1) is 21.6 Å². The zero-order valence-electron chi connectivity index (χ0n) is 11.7. The van der Waals surface area contributed by atoms with Crippen molar-refractivity contribution in [2.24, 2.45) is 0 Å². The van der Waals surface area contributed by atoms with Crippen LogP contribution in [-0.4, -0.2) is 15.6 Å². The molecular formula is C16H7Cl2F2NO3. The molecule has 0 amide bonds. The number of pyridine rings is 1. The molecule has 0 unspecified atom stereocenters. The van der Waals surface area contributed by atoms with Crippen molar-refractivity contribution >= 4 is 40.1 Å². The van der Waals surface area contributed by atoms with Crippen molar-refractivity contribution in [1.29, 1.82) is 0 Å². The first-order valence-corrected chi connectivity index (χ1v) is 7.28. The molecule has 0 radical (unpaired) electrons. The molecule has 4 nitrogen and oxygen atoms in total. The summed E-state index contributed by atoms with van der Waals surface area (Å²) in [5.41, 5.74) is -1.27. The van der Waals surface area contributed by atoms with Gasteiger partial charge < -0.3 is 9.67 Å². The van der Waals surface area contributed by atoms with Crippen LogP contribution in [0.1, 0.15) is 10.4 Å². The van der Waals surface area contributed by atoms with Gasteiger partial charge in [-0.25, -0.2) is 13.6 Å². The molecule has 0 saturated carbocycles. The van der Waals surface area contributed by atoms with E-state index in [4.69, 9.17) is 23.2 Å². The average Bonchev–Trinajstić information content (AvgIpc) is 2.50. The molecule has 0 bridgehead atoms. The Labute approximate surface area is 143 Å². The fourth-order valence-corrected chi connectivity index (χ4v) is 2.85. The summed E-state index contributed by atoms with van der Waals surface area (Å²) in [5.74, 6) is -3.93. The summed E-state index contributed by atoms with van der Waals surface area (Å²) in [6.45, 7) is 0. The summed E-state index contributed by atoms with van der Waals surface area (Å²) in [4.78, 5) is 23.5. The highest BCUT2D eigenvalue weighted by atomic mass is 35.5. The van der Waals surface area contributed by atoms with Crippen molar-refractivity contribution < 1.29 is 18.7 Å². The lowest BCUT2D eigenvalue weighted by Crippen LogP contribution is -2.19. The maximum Gasteiger partial charge on any atom is 0.341 e. The fourth-order valence-electron chi connectivity index (χ4n) is 2.35. The number of nitrogens with zero attached hydrogens (tertiary/aromatic N) is 1. The molecule has 0 aliphatic rings. The molecule has 3 aromatic rings. The van der Waals surface area contributed by atoms with Crippen LogP contribution in [0, 0.1) is 11.6 Å². The molecule has 2 aromatic carbocycles. The zero-order valence-corrected chi connectivity index (χ0v) is 13.2. The second-order valence-electron chi connectivity index (χ2n) is 4.93. The molecule has 0 saturated heterocycles. The number of benzene rings is 2. The highest BCUT2D eigenvalue weighted by molar-refractivity contribution is 6.35. The molecule has 1 heterocycles. The number of hydrogen-bond donors (Lipinski definition) is 1. The van der Waals surface area contributed by atoms with E-state index < -0.39 is 28.6 Å². The molecule has 24 heavy (non-hydrogen) atoms. The first-order valence-electron chi connectivity index (χ1n) is 6.52. The largest absolute Gasteiger partial charge is 0.477 e. The van der Waals surface area contributed by atoms with E-state index in [2.05, 4.69) is 0 Å². The molecule has 0 aliphatic carbocycles. The van der Waals surface area contributed by atoms with E-state index in [0.29, 0.717) is 11.1 Å². The van der Waals surface area contributed by atoms with Gasteiger partial charge in [0.25, 0.3) is 0 Å². The highest BCUT2D eigenvalue weighted by Gasteiger charge is 2.18. The van der Waals surface area contributed by atoms with Gasteiger partial charge in [-0.05, 0) is 24.3 Å². The van der Waals surface area contributed by atoms with Crippen LogP contribution in [0.4, 0.5) is 8.78 Å². The topological polar surface area (TPSA) is 59.3 Å². The minimum absolute atomic E-state index is 0.0203. The number of hydrogen-bond acceptors (Lipinski definition) is 2. The molecule has 1 N–H and O–H groups in total. The first kappa shape index (κ1) is 16.4. The minimum atomic E-state index is -1.49. The lowest BCUT2D eigenvalue weighted by Gasteiger charge is -2.14. The Morgan fingerprint density at radius 2 is 1.75 bits per heavy atom. The monoisotopic (exact) mass is 369 g/mol. The van der Waals surface area contributed by atoms with E-state index in [0.717, 1.165) is 12.3 Å². The van der Waals surface area contributed by atoms with Crippen LogP contribution in [-0.2, 0) is 0 Å². The summed E-state index contributed by atoms with van der Waals surface area (Å²) in [6, 6.07) is 5.85. The molecule has 122 valence electrons. The summed E-state index contributed by atoms with van der Waals surface area (Å²) in [5, 5.41) is 9.41. The smallest absolute Gasteiger partial charge is 0.341 e. The Bertz CT molecular complexity index is 1060. The van der Waals surface area contributed by atoms with Gasteiger partial charge in [-0.1, -0.05) is 23.2 Å². The van der Waals surface area contributed by atoms with E-state index >= 15 is 0 Å². The van der Waals surface area contributed by atoms with Crippen LogP contribution < -0.4 is 5.43 Å². The maximum atomic E-state index is 13.6. The van der Waals surface area contributed by atoms with Gasteiger partial charge in [-0.2, -0.15) is 0 Å². The van der Waals surface area contributed by atoms with Gasteiger partial charge >= 0.3 is 5.97 Å². The van der Waals surface area contributed by atoms with Crippen molar-refractivity contribution in [2.45, 2.75) is 0 Å². The Balaban J connectivity index is 2.50. The number of halogens is 4. The third kappa shape index (κ3) is 2.64. The van der Waals surface area contributed by atoms with Gasteiger partial charge in [0.15, 0.2) is 11.6 Å². The second kappa shape index (κ2) is 5.89. The fraction of sp³-hybridized carbons (Fsp3) is 0. The third-order valence-corrected chi connectivity index (χ3v) is 3.98. The average molecular weight is 370 g/mol. The molecular weight excluding hydrogens is 363 g/mol. The predicted molar refractivity (Wildman–Crippen MR) is 86.4 cm³/mol. The van der Waals surface area contributed by atoms with Crippen molar-refractivity contribution in [3.8, 4) is 5.69 Å². The number of carboxylic acids is 1. The lowest BCUT2D eigenvalue weighted by atomic mass is 10.1. The van der Waals surface area contributed by atoms with E-state index in [1.165, 1.54) is 22.8 Å². The Morgan fingerprint density at radius 3 is 2.38 bits per heavy atom. The quantitative estimate of drug-likeness (QED) is 0.733. The van der Waals surface area contributed by atoms with Crippen LogP contribution in [0.2, 0.25) is 10.0 Å². The van der Waals surface area contributed by atoms with Crippen LogP contribution >= 0.6 is 23.2 Å². The van der Waals surface area contributed by atoms with E-state index in [-0.39, 0.29) is 21.6 Å². The highest BCUT2D eigenvalue weighted by Crippen LogP contribution is 2.28. The van der Waals surface area contributed by atoms with Gasteiger partial charge in [0.2, 0.25) is 5.43 Å². The number of aromatic carboxylic acids is 1. The summed E-state index contributed by atoms with van der Waals surface area (Å²) >= 11 is 11.9. The number of aromatic nitrogens is 1. The van der Waals surface area contributed by atoms with Crippen molar-refractivity contribution in [3.63, 3.8) is 0 Å². The normalized spacial score (nSPS) is 11.0. The molecule has 0 spiro atoms. The Kier molecular flexibility index (Phi) is 4.03. The molecule has 3 rings (SSSR count). The van der Waals surface area contributed by atoms with Crippen LogP contribution in [0.3, 0.4) is 0 Å². The molecule has 0 atom stereocenters. The Hall–Kier alpha value is -2.44. The molecule has 8 heteroatoms. The summed E-state index contributed by atoms with van der Waals surface area (Å²) in [6.07, 6.45) is 1.01. The molecule has 1 aromatic heterocycles. The number of rotatable bonds is 2. The van der Waals surface area contributed by atoms with Crippen molar-refractivity contribution in [1.82, 2.24) is 4.57 Å². The lowest BCUT2D eigenvalue weighted by molar-refractivity contribution is 0.0695. The third-order valence-electron chi connectivity index (χ3n) is 3.45. The molecule has 0 fully saturated rings. The molecule has 0 aliphatic heterocycles. The first-order chi connectivity index (χ1) is 11.3. The van der Waals surface area contributed by atoms with E-state index in [1.807, 2.05) is 0 Å². The van der Waals surface area contributed by atoms with E-state index in [1.54, 1.807) is 0 Å². The zero-order chi connectivity index (χ0) is 17.6. The minimum Gasteiger partial charge on any atom is -0.477 e. The second-order valence-corrected chi connectivity index (χ2v) is 5.77. The van der Waals surface area contributed by atoms with Gasteiger partial charge in [-0.3, -0.25) is 4.79 Å². The number of carbonyl (C=O) groups is 1. The van der Waals surface area contributed by atoms with Crippen LogP contribution in [0.5, 0.6) is 0 Å². The number of fused-ring (bicyclic) bond motifs is 1.